The SMILES string of the molecule is O=C(CSCc1ccccc1)NNC(=S)NCC1CCCO1. The van der Waals surface area contributed by atoms with Gasteiger partial charge in [-0.1, -0.05) is 30.3 Å². The first kappa shape index (κ1) is 17.1. The second-order valence-corrected chi connectivity index (χ2v) is 6.39. The third kappa shape index (κ3) is 6.64. The molecule has 1 aromatic carbocycles. The Morgan fingerprint density at radius 2 is 2.14 bits per heavy atom. The molecule has 120 valence electrons. The van der Waals surface area contributed by atoms with E-state index >= 15 is 0 Å². The smallest absolute Gasteiger partial charge is 0.248 e. The van der Waals surface area contributed by atoms with Gasteiger partial charge in [0, 0.05) is 18.9 Å². The van der Waals surface area contributed by atoms with Crippen LogP contribution in [0, 0.1) is 0 Å². The Balaban J connectivity index is 1.52. The van der Waals surface area contributed by atoms with Gasteiger partial charge in [0.15, 0.2) is 5.11 Å². The van der Waals surface area contributed by atoms with E-state index in [1.54, 1.807) is 11.8 Å². The molecule has 1 aliphatic heterocycles. The Labute approximate surface area is 140 Å². The van der Waals surface area contributed by atoms with Crippen LogP contribution in [-0.2, 0) is 15.3 Å². The number of benzene rings is 1. The van der Waals surface area contributed by atoms with Crippen molar-refractivity contribution in [2.24, 2.45) is 0 Å². The summed E-state index contributed by atoms with van der Waals surface area (Å²) >= 11 is 6.66. The first-order chi connectivity index (χ1) is 10.7. The summed E-state index contributed by atoms with van der Waals surface area (Å²) in [5.74, 6) is 1.11. The zero-order valence-electron chi connectivity index (χ0n) is 12.3. The van der Waals surface area contributed by atoms with Gasteiger partial charge in [0.05, 0.1) is 11.9 Å². The van der Waals surface area contributed by atoms with Gasteiger partial charge in [0.25, 0.3) is 0 Å². The Morgan fingerprint density at radius 1 is 1.32 bits per heavy atom. The number of carbonyl (C=O) groups is 1. The maximum absolute atomic E-state index is 11.7. The Hall–Kier alpha value is -1.31. The predicted octanol–water partition coefficient (Wildman–Crippen LogP) is 1.59. The lowest BCUT2D eigenvalue weighted by atomic mass is 10.2. The lowest BCUT2D eigenvalue weighted by Gasteiger charge is -2.14. The molecular weight excluding hydrogens is 318 g/mol. The molecule has 0 aliphatic carbocycles. The standard InChI is InChI=1S/C15H21N3O2S2/c19-14(11-22-10-12-5-2-1-3-6-12)17-18-15(21)16-9-13-7-4-8-20-13/h1-3,5-6,13H,4,7-11H2,(H,17,19)(H2,16,18,21). The molecule has 1 unspecified atom stereocenters. The van der Waals surface area contributed by atoms with Gasteiger partial charge in [-0.3, -0.25) is 15.6 Å². The van der Waals surface area contributed by atoms with Gasteiger partial charge in [0.2, 0.25) is 5.91 Å². The van der Waals surface area contributed by atoms with Crippen molar-refractivity contribution in [1.29, 1.82) is 0 Å². The third-order valence-electron chi connectivity index (χ3n) is 3.17. The van der Waals surface area contributed by atoms with Gasteiger partial charge in [-0.05, 0) is 30.6 Å². The van der Waals surface area contributed by atoms with Crippen molar-refractivity contribution in [3.05, 3.63) is 35.9 Å². The Bertz CT molecular complexity index is 479. The van der Waals surface area contributed by atoms with Crippen molar-refractivity contribution in [3.8, 4) is 0 Å². The fraction of sp³-hybridized carbons (Fsp3) is 0.467. The van der Waals surface area contributed by atoms with Crippen LogP contribution in [0.25, 0.3) is 0 Å². The normalized spacial score (nSPS) is 17.0. The molecule has 1 amide bonds. The lowest BCUT2D eigenvalue weighted by molar-refractivity contribution is -0.119. The molecular formula is C15H21N3O2S2. The first-order valence-electron chi connectivity index (χ1n) is 7.30. The van der Waals surface area contributed by atoms with Crippen molar-refractivity contribution < 1.29 is 9.53 Å². The molecule has 1 saturated heterocycles. The largest absolute Gasteiger partial charge is 0.376 e. The zero-order chi connectivity index (χ0) is 15.6. The average molecular weight is 339 g/mol. The molecule has 0 spiro atoms. The van der Waals surface area contributed by atoms with E-state index < -0.39 is 0 Å². The number of hydrogen-bond acceptors (Lipinski definition) is 4. The van der Waals surface area contributed by atoms with E-state index in [0.717, 1.165) is 25.2 Å². The molecule has 0 saturated carbocycles. The summed E-state index contributed by atoms with van der Waals surface area (Å²) in [6, 6.07) is 10.1. The number of ether oxygens (including phenoxy) is 1. The van der Waals surface area contributed by atoms with Crippen molar-refractivity contribution in [2.75, 3.05) is 18.9 Å². The van der Waals surface area contributed by atoms with Gasteiger partial charge >= 0.3 is 0 Å². The van der Waals surface area contributed by atoms with Gasteiger partial charge in [-0.15, -0.1) is 11.8 Å². The molecule has 3 N–H and O–H groups in total. The van der Waals surface area contributed by atoms with E-state index in [-0.39, 0.29) is 12.0 Å². The van der Waals surface area contributed by atoms with Crippen LogP contribution in [0.3, 0.4) is 0 Å². The van der Waals surface area contributed by atoms with Crippen molar-refractivity contribution >= 4 is 35.0 Å². The average Bonchev–Trinajstić information content (AvgIpc) is 3.05. The molecule has 1 heterocycles. The summed E-state index contributed by atoms with van der Waals surface area (Å²) in [4.78, 5) is 11.7. The highest BCUT2D eigenvalue weighted by atomic mass is 32.2. The van der Waals surface area contributed by atoms with Crippen LogP contribution >= 0.6 is 24.0 Å². The highest BCUT2D eigenvalue weighted by Crippen LogP contribution is 2.11. The molecule has 1 atom stereocenters. The topological polar surface area (TPSA) is 62.4 Å². The van der Waals surface area contributed by atoms with E-state index in [0.29, 0.717) is 17.4 Å². The van der Waals surface area contributed by atoms with Crippen LogP contribution in [0.5, 0.6) is 0 Å². The number of thioether (sulfide) groups is 1. The van der Waals surface area contributed by atoms with E-state index in [4.69, 9.17) is 17.0 Å². The minimum absolute atomic E-state index is 0.0952. The highest BCUT2D eigenvalue weighted by molar-refractivity contribution is 7.99. The van der Waals surface area contributed by atoms with Crippen LogP contribution in [-0.4, -0.2) is 36.0 Å². The monoisotopic (exact) mass is 339 g/mol. The van der Waals surface area contributed by atoms with E-state index in [1.807, 2.05) is 30.3 Å². The van der Waals surface area contributed by atoms with Crippen molar-refractivity contribution in [3.63, 3.8) is 0 Å². The van der Waals surface area contributed by atoms with Crippen molar-refractivity contribution in [1.82, 2.24) is 16.2 Å². The number of hydrogen-bond donors (Lipinski definition) is 3. The Kier molecular flexibility index (Phi) is 7.48. The number of amides is 1. The van der Waals surface area contributed by atoms with Crippen LogP contribution in [0.1, 0.15) is 18.4 Å². The summed E-state index contributed by atoms with van der Waals surface area (Å²) in [5.41, 5.74) is 6.51. The predicted molar refractivity (Wildman–Crippen MR) is 93.5 cm³/mol. The maximum atomic E-state index is 11.7. The second kappa shape index (κ2) is 9.66. The number of nitrogens with one attached hydrogen (secondary N) is 3. The lowest BCUT2D eigenvalue weighted by Crippen LogP contribution is -2.48. The minimum atomic E-state index is -0.0952. The summed E-state index contributed by atoms with van der Waals surface area (Å²) in [6.07, 6.45) is 2.37. The third-order valence-corrected chi connectivity index (χ3v) is 4.42. The number of hydrazine groups is 1. The molecule has 2 rings (SSSR count). The molecule has 0 bridgehead atoms. The fourth-order valence-electron chi connectivity index (χ4n) is 2.05. The summed E-state index contributed by atoms with van der Waals surface area (Å²) in [5, 5.41) is 3.45. The molecule has 0 aromatic heterocycles. The van der Waals surface area contributed by atoms with Gasteiger partial charge in [0.1, 0.15) is 0 Å². The quantitative estimate of drug-likeness (QED) is 0.540. The van der Waals surface area contributed by atoms with Crippen LogP contribution in [0.4, 0.5) is 0 Å². The fourth-order valence-corrected chi connectivity index (χ4v) is 2.98. The van der Waals surface area contributed by atoms with Gasteiger partial charge in [-0.25, -0.2) is 0 Å². The molecule has 1 aromatic rings. The second-order valence-electron chi connectivity index (χ2n) is 5.00. The molecule has 0 radical (unpaired) electrons. The van der Waals surface area contributed by atoms with E-state index in [1.165, 1.54) is 5.56 Å². The highest BCUT2D eigenvalue weighted by Gasteiger charge is 2.15. The molecule has 7 heteroatoms. The zero-order valence-corrected chi connectivity index (χ0v) is 14.0. The summed E-state index contributed by atoms with van der Waals surface area (Å²) in [6.45, 7) is 1.49. The minimum Gasteiger partial charge on any atom is -0.376 e. The van der Waals surface area contributed by atoms with Crippen LogP contribution in [0.2, 0.25) is 0 Å². The maximum Gasteiger partial charge on any atom is 0.248 e. The number of thiocarbonyl (C=S) groups is 1. The van der Waals surface area contributed by atoms with E-state index in [9.17, 15) is 4.79 Å². The number of rotatable bonds is 6. The molecule has 5 nitrogen and oxygen atoms in total. The van der Waals surface area contributed by atoms with E-state index in [2.05, 4.69) is 16.2 Å². The molecule has 1 fully saturated rings. The van der Waals surface area contributed by atoms with Gasteiger partial charge in [-0.2, -0.15) is 0 Å². The molecule has 1 aliphatic rings. The Morgan fingerprint density at radius 3 is 2.86 bits per heavy atom. The molecule has 22 heavy (non-hydrogen) atoms. The van der Waals surface area contributed by atoms with Crippen molar-refractivity contribution in [2.45, 2.75) is 24.7 Å². The first-order valence-corrected chi connectivity index (χ1v) is 8.86. The van der Waals surface area contributed by atoms with Crippen LogP contribution < -0.4 is 16.2 Å². The summed E-state index contributed by atoms with van der Waals surface area (Å²) < 4.78 is 5.48. The van der Waals surface area contributed by atoms with Gasteiger partial charge < -0.3 is 10.1 Å². The van der Waals surface area contributed by atoms with Crippen LogP contribution in [0.15, 0.2) is 30.3 Å². The summed E-state index contributed by atoms with van der Waals surface area (Å²) in [7, 11) is 0. The number of carbonyl (C=O) groups excluding carboxylic acids is 1.